The first kappa shape index (κ1) is 42.0. The van der Waals surface area contributed by atoms with E-state index in [1.54, 1.807) is 0 Å². The Morgan fingerprint density at radius 2 is 1.14 bits per heavy atom. The standard InChI is InChI=1S/C58H46N3O3.Pt/c1-57(2,3)40-25-27-41(28-26-40)61-55(58(4,5)6)54(60-56(61)44-29-24-37(32-47(44)62)35-16-9-7-10-17-35)46-31-38(43-21-14-13-20-42(43)36-18-11-8-12-19-36)30-45(59-46)39-33-50-53-51(34-39)64-49-23-15-22-48(63-50)52(49)53;/h7-33,62H,1-6H3;/q-1;. The van der Waals surface area contributed by atoms with Crippen LogP contribution in [0.25, 0.3) is 106 Å². The molecule has 65 heavy (non-hydrogen) atoms. The number of hydrogen-bond donors (Lipinski definition) is 1. The quantitative estimate of drug-likeness (QED) is 0.161. The minimum absolute atomic E-state index is 0. The minimum atomic E-state index is -0.446. The summed E-state index contributed by atoms with van der Waals surface area (Å²) in [6.07, 6.45) is 0. The number of aromatic nitrogens is 3. The average molecular weight is 1030 g/mol. The van der Waals surface area contributed by atoms with Crippen LogP contribution in [-0.2, 0) is 31.9 Å². The molecule has 0 radical (unpaired) electrons. The number of aromatic hydroxyl groups is 1. The van der Waals surface area contributed by atoms with Crippen LogP contribution in [0.5, 0.6) is 5.75 Å². The van der Waals surface area contributed by atoms with Gasteiger partial charge in [0.15, 0.2) is 0 Å². The van der Waals surface area contributed by atoms with Gasteiger partial charge in [-0.1, -0.05) is 169 Å². The summed E-state index contributed by atoms with van der Waals surface area (Å²) in [7, 11) is 0. The molecule has 0 saturated heterocycles. The summed E-state index contributed by atoms with van der Waals surface area (Å²) in [6, 6.07) is 59.4. The monoisotopic (exact) mass is 1030 g/mol. The van der Waals surface area contributed by atoms with Gasteiger partial charge in [0.25, 0.3) is 0 Å². The van der Waals surface area contributed by atoms with Crippen molar-refractivity contribution in [2.75, 3.05) is 0 Å². The molecule has 0 aliphatic carbocycles. The molecule has 7 heteroatoms. The van der Waals surface area contributed by atoms with Crippen molar-refractivity contribution in [1.29, 1.82) is 0 Å². The number of hydrogen-bond acceptors (Lipinski definition) is 5. The predicted octanol–water partition coefficient (Wildman–Crippen LogP) is 15.5. The van der Waals surface area contributed by atoms with E-state index >= 15 is 0 Å². The van der Waals surface area contributed by atoms with Gasteiger partial charge in [-0.2, -0.15) is 0 Å². The number of pyridine rings is 1. The van der Waals surface area contributed by atoms with E-state index in [-0.39, 0.29) is 32.2 Å². The smallest absolute Gasteiger partial charge is 0.149 e. The van der Waals surface area contributed by atoms with Crippen molar-refractivity contribution >= 4 is 33.1 Å². The van der Waals surface area contributed by atoms with E-state index < -0.39 is 5.41 Å². The molecule has 4 aromatic heterocycles. The number of nitrogens with zero attached hydrogens (tertiary/aromatic N) is 3. The number of phenols is 1. The van der Waals surface area contributed by atoms with Gasteiger partial charge < -0.3 is 13.9 Å². The first-order chi connectivity index (χ1) is 30.9. The Balaban J connectivity index is 0.00000498. The van der Waals surface area contributed by atoms with Gasteiger partial charge in [0.1, 0.15) is 28.4 Å². The molecule has 0 aliphatic heterocycles. The van der Waals surface area contributed by atoms with Crippen molar-refractivity contribution in [3.63, 3.8) is 0 Å². The first-order valence-electron chi connectivity index (χ1n) is 21.8. The predicted molar refractivity (Wildman–Crippen MR) is 260 cm³/mol. The molecule has 0 bridgehead atoms. The number of phenolic OH excluding ortho intramolecular Hbond substituents is 1. The molecule has 0 spiro atoms. The fourth-order valence-corrected chi connectivity index (χ4v) is 9.14. The Kier molecular flexibility index (Phi) is 10.3. The van der Waals surface area contributed by atoms with Gasteiger partial charge in [-0.15, -0.1) is 5.56 Å². The summed E-state index contributed by atoms with van der Waals surface area (Å²) in [6.45, 7) is 13.3. The second kappa shape index (κ2) is 15.9. The molecule has 7 aromatic carbocycles. The average Bonchev–Trinajstić information content (AvgIpc) is 4.02. The maximum Gasteiger partial charge on any atom is 0.149 e. The van der Waals surface area contributed by atoms with E-state index in [1.807, 2.05) is 72.8 Å². The third kappa shape index (κ3) is 7.36. The molecule has 6 nitrogen and oxygen atoms in total. The Morgan fingerprint density at radius 3 is 1.80 bits per heavy atom. The van der Waals surface area contributed by atoms with Crippen LogP contribution < -0.4 is 0 Å². The van der Waals surface area contributed by atoms with Crippen LogP contribution in [0.1, 0.15) is 52.8 Å². The van der Waals surface area contributed by atoms with E-state index in [0.29, 0.717) is 34.1 Å². The number of furan rings is 2. The Morgan fingerprint density at radius 1 is 0.508 bits per heavy atom. The largest absolute Gasteiger partial charge is 0.507 e. The van der Waals surface area contributed by atoms with Gasteiger partial charge in [0.2, 0.25) is 0 Å². The van der Waals surface area contributed by atoms with Gasteiger partial charge in [-0.3, -0.25) is 9.55 Å². The van der Waals surface area contributed by atoms with Crippen molar-refractivity contribution in [3.8, 4) is 78.9 Å². The molecule has 322 valence electrons. The first-order valence-corrected chi connectivity index (χ1v) is 21.8. The molecule has 11 rings (SSSR count). The summed E-state index contributed by atoms with van der Waals surface area (Å²) in [5.41, 5.74) is 15.1. The topological polar surface area (TPSA) is 77.2 Å². The maximum absolute atomic E-state index is 12.0. The molecule has 0 amide bonds. The van der Waals surface area contributed by atoms with Crippen LogP contribution in [0.2, 0.25) is 0 Å². The van der Waals surface area contributed by atoms with Gasteiger partial charge in [-0.05, 0) is 97.9 Å². The van der Waals surface area contributed by atoms with Crippen LogP contribution in [0.4, 0.5) is 0 Å². The molecule has 0 fully saturated rings. The third-order valence-corrected chi connectivity index (χ3v) is 12.3. The number of imidazole rings is 1. The summed E-state index contributed by atoms with van der Waals surface area (Å²) < 4.78 is 15.0. The summed E-state index contributed by atoms with van der Waals surface area (Å²) in [4.78, 5) is 11.1. The van der Waals surface area contributed by atoms with E-state index in [2.05, 4.69) is 143 Å². The van der Waals surface area contributed by atoms with Crippen molar-refractivity contribution in [2.45, 2.75) is 52.4 Å². The molecule has 0 saturated carbocycles. The molecule has 4 heterocycles. The normalized spacial score (nSPS) is 12.1. The number of benzene rings is 7. The summed E-state index contributed by atoms with van der Waals surface area (Å²) in [5.74, 6) is 0.755. The summed E-state index contributed by atoms with van der Waals surface area (Å²) in [5, 5.41) is 13.9. The van der Waals surface area contributed by atoms with Crippen LogP contribution in [0.3, 0.4) is 0 Å². The van der Waals surface area contributed by atoms with E-state index in [4.69, 9.17) is 18.8 Å². The van der Waals surface area contributed by atoms with Gasteiger partial charge in [0, 0.05) is 37.6 Å². The zero-order valence-electron chi connectivity index (χ0n) is 37.0. The fraction of sp³-hybridized carbons (Fsp3) is 0.138. The molecule has 0 atom stereocenters. The molecular weight excluding hydrogens is 982 g/mol. The minimum Gasteiger partial charge on any atom is -0.507 e. The van der Waals surface area contributed by atoms with E-state index in [1.165, 1.54) is 5.56 Å². The van der Waals surface area contributed by atoms with E-state index in [0.717, 1.165) is 77.8 Å². The van der Waals surface area contributed by atoms with E-state index in [9.17, 15) is 5.11 Å². The maximum atomic E-state index is 12.0. The van der Waals surface area contributed by atoms with Crippen molar-refractivity contribution < 1.29 is 35.0 Å². The van der Waals surface area contributed by atoms with Crippen molar-refractivity contribution in [2.24, 2.45) is 0 Å². The summed E-state index contributed by atoms with van der Waals surface area (Å²) >= 11 is 0. The SMILES string of the molecule is CC(C)(C)c1ccc(-n2c(-c3ccc(-c4ccccc4)cc3O)nc(-c3cc(-c4ccccc4-c4ccccc4)cc(-c4[c-]c5oc6cccc7oc(c4)c5c67)n3)c2C(C)(C)C)cc1.[Pt]. The fourth-order valence-electron chi connectivity index (χ4n) is 9.14. The molecule has 1 N–H and O–H groups in total. The molecule has 0 unspecified atom stereocenters. The Hall–Kier alpha value is -7.01. The molecular formula is C58H46N3O3Pt-. The second-order valence-corrected chi connectivity index (χ2v) is 18.7. The van der Waals surface area contributed by atoms with Crippen molar-refractivity contribution in [1.82, 2.24) is 14.5 Å². The van der Waals surface area contributed by atoms with Crippen LogP contribution in [-0.4, -0.2) is 19.6 Å². The Labute approximate surface area is 392 Å². The zero-order chi connectivity index (χ0) is 43.9. The Bertz CT molecular complexity index is 3450. The molecule has 0 aliphatic rings. The van der Waals surface area contributed by atoms with Crippen LogP contribution >= 0.6 is 0 Å². The van der Waals surface area contributed by atoms with Crippen LogP contribution in [0.15, 0.2) is 173 Å². The van der Waals surface area contributed by atoms with Gasteiger partial charge >= 0.3 is 0 Å². The second-order valence-electron chi connectivity index (χ2n) is 18.7. The molecule has 11 aromatic rings. The van der Waals surface area contributed by atoms with Crippen molar-refractivity contribution in [3.05, 3.63) is 181 Å². The zero-order valence-corrected chi connectivity index (χ0v) is 39.3. The van der Waals surface area contributed by atoms with Gasteiger partial charge in [0.05, 0.1) is 28.1 Å². The van der Waals surface area contributed by atoms with Crippen LogP contribution in [0, 0.1) is 6.07 Å². The third-order valence-electron chi connectivity index (χ3n) is 12.3. The van der Waals surface area contributed by atoms with Gasteiger partial charge in [-0.25, -0.2) is 4.98 Å². The number of rotatable bonds is 7.